The number of nitrogens with two attached hydrogens (primary N) is 1. The van der Waals surface area contributed by atoms with Crippen molar-refractivity contribution < 1.29 is 5.11 Å². The Morgan fingerprint density at radius 2 is 1.58 bits per heavy atom. The van der Waals surface area contributed by atoms with Crippen LogP contribution in [0.4, 0.5) is 5.69 Å². The van der Waals surface area contributed by atoms with E-state index in [1.807, 2.05) is 48.5 Å². The Hall–Kier alpha value is -2.43. The van der Waals surface area contributed by atoms with Crippen LogP contribution in [0.3, 0.4) is 0 Å². The molecule has 0 amide bonds. The predicted octanol–water partition coefficient (Wildman–Crippen LogP) is 3.47. The predicted molar refractivity (Wildman–Crippen MR) is 104 cm³/mol. The van der Waals surface area contributed by atoms with Crippen molar-refractivity contribution in [1.82, 2.24) is 0 Å². The Kier molecular flexibility index (Phi) is 5.08. The van der Waals surface area contributed by atoms with Crippen molar-refractivity contribution in [2.24, 2.45) is 5.73 Å². The van der Waals surface area contributed by atoms with Crippen LogP contribution in [0.2, 0.25) is 0 Å². The molecule has 0 saturated heterocycles. The maximum atomic E-state index is 9.51. The Labute approximate surface area is 147 Å². The van der Waals surface area contributed by atoms with Gasteiger partial charge in [-0.15, -0.1) is 0 Å². The van der Waals surface area contributed by atoms with Gasteiger partial charge in [0.2, 0.25) is 0 Å². The quantitative estimate of drug-likeness (QED) is 0.677. The number of fused-ring (bicyclic) bond motifs is 1. The van der Waals surface area contributed by atoms with Crippen LogP contribution < -0.4 is 10.6 Å². The highest BCUT2D eigenvalue weighted by molar-refractivity contribution is 7.80. The highest BCUT2D eigenvalue weighted by atomic mass is 32.1. The van der Waals surface area contributed by atoms with Crippen LogP contribution in [0.5, 0.6) is 0 Å². The molecule has 0 aliphatic heterocycles. The average molecular weight is 336 g/mol. The van der Waals surface area contributed by atoms with Crippen LogP contribution in [0.25, 0.3) is 10.8 Å². The lowest BCUT2D eigenvalue weighted by Crippen LogP contribution is -2.26. The topological polar surface area (TPSA) is 49.5 Å². The first-order valence-corrected chi connectivity index (χ1v) is 8.33. The van der Waals surface area contributed by atoms with E-state index in [1.54, 1.807) is 0 Å². The van der Waals surface area contributed by atoms with Crippen LogP contribution in [0, 0.1) is 0 Å². The van der Waals surface area contributed by atoms with Crippen LogP contribution >= 0.6 is 12.2 Å². The van der Waals surface area contributed by atoms with E-state index in [9.17, 15) is 5.11 Å². The first-order valence-electron chi connectivity index (χ1n) is 7.92. The summed E-state index contributed by atoms with van der Waals surface area (Å²) in [5.74, 6) is 0. The van der Waals surface area contributed by atoms with Gasteiger partial charge in [-0.1, -0.05) is 66.8 Å². The number of anilines is 1. The molecule has 0 spiro atoms. The standard InChI is InChI=1S/C20H20N2OS/c21-20(24)18-10-11-19(17-9-5-4-8-16(17)18)22(12-13-23)14-15-6-2-1-3-7-15/h1-11,23H,12-14H2,(H2,21,24). The number of aliphatic hydroxyl groups is 1. The molecule has 24 heavy (non-hydrogen) atoms. The highest BCUT2D eigenvalue weighted by Crippen LogP contribution is 2.30. The number of thiocarbonyl (C=S) groups is 1. The molecule has 3 N–H and O–H groups in total. The maximum Gasteiger partial charge on any atom is 0.104 e. The van der Waals surface area contributed by atoms with E-state index in [4.69, 9.17) is 18.0 Å². The largest absolute Gasteiger partial charge is 0.395 e. The summed E-state index contributed by atoms with van der Waals surface area (Å²) < 4.78 is 0. The summed E-state index contributed by atoms with van der Waals surface area (Å²) in [5, 5.41) is 11.6. The van der Waals surface area contributed by atoms with Crippen LogP contribution in [0.15, 0.2) is 66.7 Å². The number of benzene rings is 3. The Bertz CT molecular complexity index is 849. The van der Waals surface area contributed by atoms with E-state index >= 15 is 0 Å². The van der Waals surface area contributed by atoms with Crippen LogP contribution in [-0.4, -0.2) is 23.2 Å². The zero-order chi connectivity index (χ0) is 16.9. The van der Waals surface area contributed by atoms with E-state index < -0.39 is 0 Å². The van der Waals surface area contributed by atoms with Crippen molar-refractivity contribution in [2.45, 2.75) is 6.54 Å². The molecule has 4 heteroatoms. The minimum absolute atomic E-state index is 0.0954. The van der Waals surface area contributed by atoms with E-state index in [2.05, 4.69) is 23.1 Å². The third kappa shape index (κ3) is 3.40. The maximum absolute atomic E-state index is 9.51. The summed E-state index contributed by atoms with van der Waals surface area (Å²) in [7, 11) is 0. The molecule has 0 heterocycles. The van der Waals surface area contributed by atoms with E-state index in [1.165, 1.54) is 5.56 Å². The van der Waals surface area contributed by atoms with Gasteiger partial charge in [0.1, 0.15) is 4.99 Å². The fourth-order valence-electron chi connectivity index (χ4n) is 2.98. The van der Waals surface area contributed by atoms with Crippen molar-refractivity contribution in [1.29, 1.82) is 0 Å². The number of rotatable bonds is 6. The van der Waals surface area contributed by atoms with Gasteiger partial charge in [-0.05, 0) is 23.1 Å². The molecule has 0 bridgehead atoms. The van der Waals surface area contributed by atoms with Crippen molar-refractivity contribution >= 4 is 33.7 Å². The summed E-state index contributed by atoms with van der Waals surface area (Å²) in [4.78, 5) is 2.58. The Balaban J connectivity index is 2.08. The molecular formula is C20H20N2OS. The second kappa shape index (κ2) is 7.43. The van der Waals surface area contributed by atoms with Gasteiger partial charge in [-0.2, -0.15) is 0 Å². The minimum Gasteiger partial charge on any atom is -0.395 e. The van der Waals surface area contributed by atoms with Gasteiger partial charge in [0.25, 0.3) is 0 Å². The van der Waals surface area contributed by atoms with E-state index in [0.29, 0.717) is 11.5 Å². The van der Waals surface area contributed by atoms with Gasteiger partial charge in [0, 0.05) is 29.7 Å². The molecule has 0 aromatic heterocycles. The molecule has 3 rings (SSSR count). The monoisotopic (exact) mass is 336 g/mol. The van der Waals surface area contributed by atoms with E-state index in [-0.39, 0.29) is 6.61 Å². The number of aliphatic hydroxyl groups excluding tert-OH is 1. The van der Waals surface area contributed by atoms with Gasteiger partial charge in [-0.25, -0.2) is 0 Å². The summed E-state index contributed by atoms with van der Waals surface area (Å²) in [5.41, 5.74) is 9.02. The molecule has 0 saturated carbocycles. The van der Waals surface area contributed by atoms with Crippen LogP contribution in [0.1, 0.15) is 11.1 Å². The minimum atomic E-state index is 0.0954. The van der Waals surface area contributed by atoms with Crippen molar-refractivity contribution in [3.8, 4) is 0 Å². The molecule has 122 valence electrons. The van der Waals surface area contributed by atoms with Crippen molar-refractivity contribution in [2.75, 3.05) is 18.1 Å². The van der Waals surface area contributed by atoms with Gasteiger partial charge in [0.15, 0.2) is 0 Å². The molecule has 0 unspecified atom stereocenters. The molecule has 0 atom stereocenters. The number of nitrogens with zero attached hydrogens (tertiary/aromatic N) is 1. The van der Waals surface area contributed by atoms with Gasteiger partial charge < -0.3 is 15.7 Å². The SMILES string of the molecule is NC(=S)c1ccc(N(CCO)Cc2ccccc2)c2ccccc12. The third-order valence-electron chi connectivity index (χ3n) is 4.09. The molecule has 3 nitrogen and oxygen atoms in total. The first-order chi connectivity index (χ1) is 11.7. The Morgan fingerprint density at radius 1 is 0.917 bits per heavy atom. The van der Waals surface area contributed by atoms with Crippen LogP contribution in [-0.2, 0) is 6.54 Å². The first kappa shape index (κ1) is 16.4. The summed E-state index contributed by atoms with van der Waals surface area (Å²) >= 11 is 5.18. The molecule has 0 fully saturated rings. The fraction of sp³-hybridized carbons (Fsp3) is 0.150. The number of hydrogen-bond acceptors (Lipinski definition) is 3. The summed E-state index contributed by atoms with van der Waals surface area (Å²) in [6.45, 7) is 1.39. The molecule has 0 radical (unpaired) electrons. The second-order valence-corrected chi connectivity index (χ2v) is 6.11. The van der Waals surface area contributed by atoms with E-state index in [0.717, 1.165) is 28.6 Å². The van der Waals surface area contributed by atoms with Gasteiger partial charge in [-0.3, -0.25) is 0 Å². The normalized spacial score (nSPS) is 10.7. The molecule has 0 aliphatic rings. The lowest BCUT2D eigenvalue weighted by Gasteiger charge is -2.26. The molecule has 0 aliphatic carbocycles. The summed E-state index contributed by atoms with van der Waals surface area (Å²) in [6, 6.07) is 22.4. The average Bonchev–Trinajstić information content (AvgIpc) is 2.61. The zero-order valence-electron chi connectivity index (χ0n) is 13.4. The smallest absolute Gasteiger partial charge is 0.104 e. The van der Waals surface area contributed by atoms with Crippen molar-refractivity contribution in [3.63, 3.8) is 0 Å². The third-order valence-corrected chi connectivity index (χ3v) is 4.31. The second-order valence-electron chi connectivity index (χ2n) is 5.67. The zero-order valence-corrected chi connectivity index (χ0v) is 14.2. The lowest BCUT2D eigenvalue weighted by atomic mass is 10.0. The number of hydrogen-bond donors (Lipinski definition) is 2. The Morgan fingerprint density at radius 3 is 2.25 bits per heavy atom. The molecule has 3 aromatic rings. The van der Waals surface area contributed by atoms with Gasteiger partial charge >= 0.3 is 0 Å². The fourth-order valence-corrected chi connectivity index (χ4v) is 3.16. The molecular weight excluding hydrogens is 316 g/mol. The summed E-state index contributed by atoms with van der Waals surface area (Å²) in [6.07, 6.45) is 0. The van der Waals surface area contributed by atoms with Gasteiger partial charge in [0.05, 0.1) is 6.61 Å². The van der Waals surface area contributed by atoms with Crippen molar-refractivity contribution in [3.05, 3.63) is 77.9 Å². The molecule has 3 aromatic carbocycles. The lowest BCUT2D eigenvalue weighted by molar-refractivity contribution is 0.301. The highest BCUT2D eigenvalue weighted by Gasteiger charge is 2.13.